The van der Waals surface area contributed by atoms with Gasteiger partial charge in [-0.1, -0.05) is 13.3 Å². The lowest BCUT2D eigenvalue weighted by molar-refractivity contribution is -0.127. The number of rotatable bonds is 8. The van der Waals surface area contributed by atoms with E-state index >= 15 is 0 Å². The van der Waals surface area contributed by atoms with Crippen LogP contribution in [0.25, 0.3) is 0 Å². The monoisotopic (exact) mass is 295 g/mol. The van der Waals surface area contributed by atoms with Crippen LogP contribution in [0.5, 0.6) is 11.5 Å². The van der Waals surface area contributed by atoms with Gasteiger partial charge in [-0.25, -0.2) is 4.79 Å². The van der Waals surface area contributed by atoms with Gasteiger partial charge in [-0.3, -0.25) is 4.79 Å². The lowest BCUT2D eigenvalue weighted by atomic mass is 10.2. The first-order chi connectivity index (χ1) is 9.99. The molecule has 1 atom stereocenters. The third-order valence-electron chi connectivity index (χ3n) is 2.92. The highest BCUT2D eigenvalue weighted by Crippen LogP contribution is 2.25. The normalized spacial score (nSPS) is 11.6. The van der Waals surface area contributed by atoms with Crippen LogP contribution in [0.4, 0.5) is 0 Å². The van der Waals surface area contributed by atoms with Crippen molar-refractivity contribution in [3.8, 4) is 11.5 Å². The number of nitrogens with one attached hydrogen (secondary N) is 1. The van der Waals surface area contributed by atoms with Gasteiger partial charge >= 0.3 is 5.97 Å². The summed E-state index contributed by atoms with van der Waals surface area (Å²) in [7, 11) is 1.47. The minimum Gasteiger partial charge on any atom is -0.497 e. The Labute approximate surface area is 124 Å². The van der Waals surface area contributed by atoms with Gasteiger partial charge in [-0.05, 0) is 25.5 Å². The first-order valence-electron chi connectivity index (χ1n) is 6.85. The van der Waals surface area contributed by atoms with E-state index < -0.39 is 12.1 Å². The molecule has 1 rings (SSSR count). The first kappa shape index (κ1) is 16.8. The van der Waals surface area contributed by atoms with E-state index in [2.05, 4.69) is 5.32 Å². The third kappa shape index (κ3) is 4.98. The molecule has 0 aliphatic heterocycles. The fourth-order valence-electron chi connectivity index (χ4n) is 1.68. The predicted octanol–water partition coefficient (Wildman–Crippen LogP) is 2.08. The van der Waals surface area contributed by atoms with Gasteiger partial charge in [-0.2, -0.15) is 0 Å². The van der Waals surface area contributed by atoms with Crippen molar-refractivity contribution in [3.63, 3.8) is 0 Å². The third-order valence-corrected chi connectivity index (χ3v) is 2.92. The lowest BCUT2D eigenvalue weighted by Crippen LogP contribution is -2.37. The Morgan fingerprint density at radius 2 is 2.10 bits per heavy atom. The van der Waals surface area contributed by atoms with E-state index in [0.717, 1.165) is 12.8 Å². The molecule has 0 aromatic heterocycles. The van der Waals surface area contributed by atoms with Crippen LogP contribution < -0.4 is 14.8 Å². The van der Waals surface area contributed by atoms with Crippen LogP contribution in [0, 0.1) is 0 Å². The SMILES string of the molecule is CCCCNC(=O)C(C)Oc1cc(OC)ccc1C(=O)O. The number of ether oxygens (including phenoxy) is 2. The van der Waals surface area contributed by atoms with Crippen molar-refractivity contribution in [2.24, 2.45) is 0 Å². The number of aromatic carboxylic acids is 1. The van der Waals surface area contributed by atoms with Gasteiger partial charge in [0.15, 0.2) is 6.10 Å². The van der Waals surface area contributed by atoms with Gasteiger partial charge in [-0.15, -0.1) is 0 Å². The number of carboxylic acids is 1. The molecule has 116 valence electrons. The fraction of sp³-hybridized carbons (Fsp3) is 0.467. The quantitative estimate of drug-likeness (QED) is 0.717. The Bertz CT molecular complexity index is 501. The van der Waals surface area contributed by atoms with E-state index in [0.29, 0.717) is 12.3 Å². The maximum absolute atomic E-state index is 11.8. The molecule has 1 aromatic carbocycles. The summed E-state index contributed by atoms with van der Waals surface area (Å²) in [6, 6.07) is 4.37. The number of methoxy groups -OCH3 is 1. The summed E-state index contributed by atoms with van der Waals surface area (Å²) in [5.41, 5.74) is -0.0102. The molecular formula is C15H21NO5. The lowest BCUT2D eigenvalue weighted by Gasteiger charge is -2.16. The highest BCUT2D eigenvalue weighted by Gasteiger charge is 2.19. The topological polar surface area (TPSA) is 84.9 Å². The summed E-state index contributed by atoms with van der Waals surface area (Å²) in [6.45, 7) is 4.18. The number of benzene rings is 1. The number of hydrogen-bond acceptors (Lipinski definition) is 4. The molecule has 6 heteroatoms. The van der Waals surface area contributed by atoms with E-state index in [1.54, 1.807) is 6.92 Å². The molecule has 0 aliphatic rings. The molecule has 0 aliphatic carbocycles. The minimum absolute atomic E-state index is 0.0102. The molecular weight excluding hydrogens is 274 g/mol. The van der Waals surface area contributed by atoms with Crippen LogP contribution >= 0.6 is 0 Å². The molecule has 0 spiro atoms. The summed E-state index contributed by atoms with van der Waals surface area (Å²) in [4.78, 5) is 23.0. The van der Waals surface area contributed by atoms with Crippen molar-refractivity contribution in [1.29, 1.82) is 0 Å². The Morgan fingerprint density at radius 3 is 2.67 bits per heavy atom. The molecule has 6 nitrogen and oxygen atoms in total. The van der Waals surface area contributed by atoms with Crippen LogP contribution in [0.3, 0.4) is 0 Å². The number of carboxylic acid groups (broad SMARTS) is 1. The molecule has 0 bridgehead atoms. The zero-order valence-corrected chi connectivity index (χ0v) is 12.5. The van der Waals surface area contributed by atoms with Gasteiger partial charge in [0.25, 0.3) is 5.91 Å². The molecule has 0 heterocycles. The standard InChI is InChI=1S/C15H21NO5/c1-4-5-8-16-14(17)10(2)21-13-9-11(20-3)6-7-12(13)15(18)19/h6-7,9-10H,4-5,8H2,1-3H3,(H,16,17)(H,18,19). The molecule has 0 radical (unpaired) electrons. The van der Waals surface area contributed by atoms with Gasteiger partial charge in [0.05, 0.1) is 7.11 Å². The Hall–Kier alpha value is -2.24. The first-order valence-corrected chi connectivity index (χ1v) is 6.85. The van der Waals surface area contributed by atoms with Gasteiger partial charge in [0, 0.05) is 12.6 Å². The molecule has 0 saturated heterocycles. The molecule has 21 heavy (non-hydrogen) atoms. The highest BCUT2D eigenvalue weighted by atomic mass is 16.5. The van der Waals surface area contributed by atoms with Crippen molar-refractivity contribution >= 4 is 11.9 Å². The van der Waals surface area contributed by atoms with Crippen LogP contribution in [-0.4, -0.2) is 36.7 Å². The summed E-state index contributed by atoms with van der Waals surface area (Å²) >= 11 is 0. The van der Waals surface area contributed by atoms with E-state index in [1.165, 1.54) is 25.3 Å². The zero-order valence-electron chi connectivity index (χ0n) is 12.5. The molecule has 0 fully saturated rings. The van der Waals surface area contributed by atoms with Crippen molar-refractivity contribution in [3.05, 3.63) is 23.8 Å². The van der Waals surface area contributed by atoms with Crippen molar-refractivity contribution in [1.82, 2.24) is 5.32 Å². The Kier molecular flexibility index (Phi) is 6.52. The van der Waals surface area contributed by atoms with Crippen molar-refractivity contribution < 1.29 is 24.2 Å². The second-order valence-electron chi connectivity index (χ2n) is 4.57. The smallest absolute Gasteiger partial charge is 0.339 e. The Balaban J connectivity index is 2.80. The average molecular weight is 295 g/mol. The summed E-state index contributed by atoms with van der Waals surface area (Å²) in [6.07, 6.45) is 1.08. The number of amides is 1. The maximum atomic E-state index is 11.8. The summed E-state index contributed by atoms with van der Waals surface area (Å²) in [5, 5.41) is 11.9. The molecule has 0 saturated carbocycles. The van der Waals surface area contributed by atoms with Crippen LogP contribution in [-0.2, 0) is 4.79 Å². The molecule has 1 aromatic rings. The van der Waals surface area contributed by atoms with Crippen LogP contribution in [0.2, 0.25) is 0 Å². The van der Waals surface area contributed by atoms with Crippen molar-refractivity contribution in [2.75, 3.05) is 13.7 Å². The molecule has 1 unspecified atom stereocenters. The predicted molar refractivity (Wildman–Crippen MR) is 78.0 cm³/mol. The largest absolute Gasteiger partial charge is 0.497 e. The van der Waals surface area contributed by atoms with Gasteiger partial charge in [0.1, 0.15) is 17.1 Å². The minimum atomic E-state index is -1.12. The number of carbonyl (C=O) groups excluding carboxylic acids is 1. The van der Waals surface area contributed by atoms with E-state index in [4.69, 9.17) is 14.6 Å². The summed E-state index contributed by atoms with van der Waals surface area (Å²) in [5.74, 6) is -0.817. The van der Waals surface area contributed by atoms with Gasteiger partial charge in [0.2, 0.25) is 0 Å². The number of carbonyl (C=O) groups is 2. The second-order valence-corrected chi connectivity index (χ2v) is 4.57. The van der Waals surface area contributed by atoms with Crippen LogP contribution in [0.15, 0.2) is 18.2 Å². The summed E-state index contributed by atoms with van der Waals surface area (Å²) < 4.78 is 10.5. The zero-order chi connectivity index (χ0) is 15.8. The Morgan fingerprint density at radius 1 is 1.38 bits per heavy atom. The number of hydrogen-bond donors (Lipinski definition) is 2. The van der Waals surface area contributed by atoms with Crippen molar-refractivity contribution in [2.45, 2.75) is 32.8 Å². The van der Waals surface area contributed by atoms with E-state index in [1.807, 2.05) is 6.92 Å². The average Bonchev–Trinajstić information content (AvgIpc) is 2.46. The highest BCUT2D eigenvalue weighted by molar-refractivity contribution is 5.91. The molecule has 1 amide bonds. The van der Waals surface area contributed by atoms with E-state index in [-0.39, 0.29) is 17.2 Å². The van der Waals surface area contributed by atoms with Crippen LogP contribution in [0.1, 0.15) is 37.0 Å². The fourth-order valence-corrected chi connectivity index (χ4v) is 1.68. The van der Waals surface area contributed by atoms with Gasteiger partial charge < -0.3 is 19.9 Å². The maximum Gasteiger partial charge on any atom is 0.339 e. The van der Waals surface area contributed by atoms with E-state index in [9.17, 15) is 9.59 Å². The second kappa shape index (κ2) is 8.14. The number of unbranched alkanes of at least 4 members (excludes halogenated alkanes) is 1. The molecule has 2 N–H and O–H groups in total.